The van der Waals surface area contributed by atoms with E-state index in [1.54, 1.807) is 12.3 Å². The Morgan fingerprint density at radius 1 is 1.21 bits per heavy atom. The van der Waals surface area contributed by atoms with Gasteiger partial charge in [0.25, 0.3) is 0 Å². The van der Waals surface area contributed by atoms with Gasteiger partial charge in [0.1, 0.15) is 5.76 Å². The van der Waals surface area contributed by atoms with Crippen LogP contribution in [0.3, 0.4) is 0 Å². The van der Waals surface area contributed by atoms with Gasteiger partial charge in [-0.3, -0.25) is 0 Å². The third kappa shape index (κ3) is 3.01. The van der Waals surface area contributed by atoms with E-state index in [0.717, 1.165) is 30.4 Å². The van der Waals surface area contributed by atoms with Crippen molar-refractivity contribution < 1.29 is 13.2 Å². The Kier molecular flexibility index (Phi) is 4.32. The largest absolute Gasteiger partial charge is 0.467 e. The highest BCUT2D eigenvalue weighted by molar-refractivity contribution is 5.31. The fourth-order valence-corrected chi connectivity index (χ4v) is 2.02. The summed E-state index contributed by atoms with van der Waals surface area (Å²) in [4.78, 5) is 0. The van der Waals surface area contributed by atoms with Crippen molar-refractivity contribution in [2.45, 2.75) is 26.3 Å². The zero-order chi connectivity index (χ0) is 13.8. The molecule has 0 amide bonds. The minimum absolute atomic E-state index is 0.259. The lowest BCUT2D eigenvalue weighted by Gasteiger charge is -2.18. The van der Waals surface area contributed by atoms with Crippen molar-refractivity contribution in [3.63, 3.8) is 0 Å². The van der Waals surface area contributed by atoms with Crippen LogP contribution in [0, 0.1) is 18.6 Å². The molecule has 0 fully saturated rings. The van der Waals surface area contributed by atoms with Crippen LogP contribution in [0.1, 0.15) is 36.3 Å². The van der Waals surface area contributed by atoms with Crippen molar-refractivity contribution in [2.24, 2.45) is 0 Å². The van der Waals surface area contributed by atoms with E-state index in [1.165, 1.54) is 6.07 Å². The molecule has 0 aliphatic carbocycles. The van der Waals surface area contributed by atoms with E-state index >= 15 is 0 Å². The number of aryl methyl sites for hydroxylation is 1. The summed E-state index contributed by atoms with van der Waals surface area (Å²) in [5.74, 6) is -0.946. The first-order valence-corrected chi connectivity index (χ1v) is 6.35. The summed E-state index contributed by atoms with van der Waals surface area (Å²) < 4.78 is 31.9. The first-order valence-electron chi connectivity index (χ1n) is 6.35. The summed E-state index contributed by atoms with van der Waals surface area (Å²) in [5.41, 5.74) is 1.64. The van der Waals surface area contributed by atoms with E-state index in [9.17, 15) is 8.78 Å². The van der Waals surface area contributed by atoms with Crippen molar-refractivity contribution in [1.29, 1.82) is 0 Å². The van der Waals surface area contributed by atoms with Gasteiger partial charge >= 0.3 is 0 Å². The van der Waals surface area contributed by atoms with E-state index in [1.807, 2.05) is 19.9 Å². The smallest absolute Gasteiger partial charge is 0.159 e. The van der Waals surface area contributed by atoms with Crippen LogP contribution in [-0.2, 0) is 0 Å². The molecule has 1 aromatic carbocycles. The maximum atomic E-state index is 13.4. The van der Waals surface area contributed by atoms with Gasteiger partial charge in [-0.15, -0.1) is 0 Å². The zero-order valence-electron chi connectivity index (χ0n) is 11.0. The lowest BCUT2D eigenvalue weighted by atomic mass is 10.0. The van der Waals surface area contributed by atoms with Gasteiger partial charge in [0.2, 0.25) is 0 Å². The SMILES string of the molecule is CCCNC(c1ccc(F)c(F)c1)c1occc1C. The molecule has 2 rings (SSSR count). The Labute approximate surface area is 111 Å². The highest BCUT2D eigenvalue weighted by atomic mass is 19.2. The van der Waals surface area contributed by atoms with Crippen LogP contribution in [-0.4, -0.2) is 6.54 Å². The molecule has 19 heavy (non-hydrogen) atoms. The highest BCUT2D eigenvalue weighted by Crippen LogP contribution is 2.26. The summed E-state index contributed by atoms with van der Waals surface area (Å²) in [6.07, 6.45) is 2.55. The van der Waals surface area contributed by atoms with Crippen LogP contribution >= 0.6 is 0 Å². The Morgan fingerprint density at radius 2 is 2.00 bits per heavy atom. The third-order valence-corrected chi connectivity index (χ3v) is 3.04. The number of benzene rings is 1. The monoisotopic (exact) mass is 265 g/mol. The van der Waals surface area contributed by atoms with Crippen molar-refractivity contribution >= 4 is 0 Å². The molecule has 0 aliphatic heterocycles. The second-order valence-electron chi connectivity index (χ2n) is 4.53. The summed E-state index contributed by atoms with van der Waals surface area (Å²) in [6.45, 7) is 4.74. The fourth-order valence-electron chi connectivity index (χ4n) is 2.02. The topological polar surface area (TPSA) is 25.2 Å². The van der Waals surface area contributed by atoms with Gasteiger partial charge < -0.3 is 9.73 Å². The van der Waals surface area contributed by atoms with Gasteiger partial charge in [0.15, 0.2) is 11.6 Å². The van der Waals surface area contributed by atoms with E-state index in [4.69, 9.17) is 4.42 Å². The third-order valence-electron chi connectivity index (χ3n) is 3.04. The average Bonchev–Trinajstić information content (AvgIpc) is 2.80. The van der Waals surface area contributed by atoms with Gasteiger partial charge in [0.05, 0.1) is 12.3 Å². The van der Waals surface area contributed by atoms with E-state index in [0.29, 0.717) is 5.56 Å². The molecule has 1 aromatic heterocycles. The minimum atomic E-state index is -0.843. The molecule has 102 valence electrons. The number of rotatable bonds is 5. The molecular weight excluding hydrogens is 248 g/mol. The molecule has 4 heteroatoms. The molecule has 0 bridgehead atoms. The van der Waals surface area contributed by atoms with Crippen LogP contribution in [0.2, 0.25) is 0 Å². The molecule has 2 aromatic rings. The fraction of sp³-hybridized carbons (Fsp3) is 0.333. The van der Waals surface area contributed by atoms with E-state index in [-0.39, 0.29) is 6.04 Å². The van der Waals surface area contributed by atoms with Crippen molar-refractivity contribution in [1.82, 2.24) is 5.32 Å². The predicted molar refractivity (Wildman–Crippen MR) is 69.9 cm³/mol. The average molecular weight is 265 g/mol. The number of hydrogen-bond acceptors (Lipinski definition) is 2. The molecule has 0 spiro atoms. The van der Waals surface area contributed by atoms with Crippen LogP contribution in [0.5, 0.6) is 0 Å². The Balaban J connectivity index is 2.37. The molecule has 1 N–H and O–H groups in total. The van der Waals surface area contributed by atoms with Gasteiger partial charge in [-0.05, 0) is 49.2 Å². The zero-order valence-corrected chi connectivity index (χ0v) is 11.0. The van der Waals surface area contributed by atoms with Crippen LogP contribution in [0.4, 0.5) is 8.78 Å². The van der Waals surface area contributed by atoms with E-state index < -0.39 is 11.6 Å². The van der Waals surface area contributed by atoms with Gasteiger partial charge in [-0.1, -0.05) is 13.0 Å². The number of furan rings is 1. The van der Waals surface area contributed by atoms with Gasteiger partial charge in [-0.25, -0.2) is 8.78 Å². The van der Waals surface area contributed by atoms with E-state index in [2.05, 4.69) is 5.32 Å². The lowest BCUT2D eigenvalue weighted by molar-refractivity contribution is 0.440. The van der Waals surface area contributed by atoms with Gasteiger partial charge in [0, 0.05) is 0 Å². The molecule has 2 nitrogen and oxygen atoms in total. The van der Waals surface area contributed by atoms with Crippen LogP contribution in [0.15, 0.2) is 34.9 Å². The van der Waals surface area contributed by atoms with Crippen LogP contribution in [0.25, 0.3) is 0 Å². The maximum Gasteiger partial charge on any atom is 0.159 e. The maximum absolute atomic E-state index is 13.4. The van der Waals surface area contributed by atoms with Crippen LogP contribution < -0.4 is 5.32 Å². The molecule has 1 heterocycles. The summed E-state index contributed by atoms with van der Waals surface area (Å²) in [5, 5.41) is 3.29. The standard InChI is InChI=1S/C15H17F2NO/c1-3-7-18-14(15-10(2)6-8-19-15)11-4-5-12(16)13(17)9-11/h4-6,8-9,14,18H,3,7H2,1-2H3. The number of hydrogen-bond donors (Lipinski definition) is 1. The van der Waals surface area contributed by atoms with Gasteiger partial charge in [-0.2, -0.15) is 0 Å². The molecular formula is C15H17F2NO. The minimum Gasteiger partial charge on any atom is -0.467 e. The first kappa shape index (κ1) is 13.7. The molecule has 1 atom stereocenters. The first-order chi connectivity index (χ1) is 9.13. The Hall–Kier alpha value is -1.68. The second-order valence-corrected chi connectivity index (χ2v) is 4.53. The summed E-state index contributed by atoms with van der Waals surface area (Å²) >= 11 is 0. The Bertz CT molecular complexity index is 551. The van der Waals surface area contributed by atoms with Crippen molar-refractivity contribution in [3.8, 4) is 0 Å². The predicted octanol–water partition coefficient (Wildman–Crippen LogP) is 3.96. The summed E-state index contributed by atoms with van der Waals surface area (Å²) in [6, 6.07) is 5.53. The second kappa shape index (κ2) is 5.97. The highest BCUT2D eigenvalue weighted by Gasteiger charge is 2.19. The molecule has 0 saturated carbocycles. The normalized spacial score (nSPS) is 12.6. The number of halogens is 2. The quantitative estimate of drug-likeness (QED) is 0.885. The number of nitrogens with one attached hydrogen (secondary N) is 1. The molecule has 1 unspecified atom stereocenters. The summed E-state index contributed by atoms with van der Waals surface area (Å²) in [7, 11) is 0. The van der Waals surface area contributed by atoms with Crippen molar-refractivity contribution in [2.75, 3.05) is 6.54 Å². The van der Waals surface area contributed by atoms with Crippen molar-refractivity contribution in [3.05, 3.63) is 59.1 Å². The molecule has 0 saturated heterocycles. The molecule has 0 aliphatic rings. The Morgan fingerprint density at radius 3 is 2.58 bits per heavy atom. The lowest BCUT2D eigenvalue weighted by Crippen LogP contribution is -2.23. The molecule has 0 radical (unpaired) electrons.